The molecule has 6 heteroatoms. The van der Waals surface area contributed by atoms with Crippen molar-refractivity contribution in [1.82, 2.24) is 9.88 Å². The molecule has 0 aliphatic carbocycles. The Labute approximate surface area is 124 Å². The van der Waals surface area contributed by atoms with Gasteiger partial charge in [-0.3, -0.25) is 0 Å². The fourth-order valence-corrected chi connectivity index (χ4v) is 2.23. The van der Waals surface area contributed by atoms with E-state index in [9.17, 15) is 9.18 Å². The van der Waals surface area contributed by atoms with Crippen molar-refractivity contribution in [3.63, 3.8) is 0 Å². The van der Waals surface area contributed by atoms with Crippen molar-refractivity contribution >= 4 is 6.09 Å². The first-order valence-electron chi connectivity index (χ1n) is 7.10. The van der Waals surface area contributed by atoms with Crippen LogP contribution < -0.4 is 4.74 Å². The molecule has 116 valence electrons. The smallest absolute Gasteiger partial charge is 0.410 e. The lowest BCUT2D eigenvalue weighted by atomic mass is 10.2. The van der Waals surface area contributed by atoms with Crippen LogP contribution in [0.3, 0.4) is 0 Å². The van der Waals surface area contributed by atoms with E-state index >= 15 is 0 Å². The molecule has 1 fully saturated rings. The van der Waals surface area contributed by atoms with Crippen molar-refractivity contribution in [2.24, 2.45) is 0 Å². The van der Waals surface area contributed by atoms with Gasteiger partial charge in [0.15, 0.2) is 5.75 Å². The summed E-state index contributed by atoms with van der Waals surface area (Å²) in [7, 11) is 0. The SMILES string of the molecule is CC(C)(C)OC(=O)N1CCCC1COc1cccnc1F. The van der Waals surface area contributed by atoms with Gasteiger partial charge in [-0.25, -0.2) is 9.78 Å². The standard InChI is InChI=1S/C15H21FN2O3/c1-15(2,3)21-14(19)18-9-5-6-11(18)10-20-12-7-4-8-17-13(12)16/h4,7-8,11H,5-6,9-10H2,1-3H3. The lowest BCUT2D eigenvalue weighted by Gasteiger charge is -2.28. The second-order valence-electron chi connectivity index (χ2n) is 6.07. The Morgan fingerprint density at radius 1 is 1.52 bits per heavy atom. The number of nitrogens with zero attached hydrogens (tertiary/aromatic N) is 2. The van der Waals surface area contributed by atoms with Gasteiger partial charge in [-0.1, -0.05) is 0 Å². The van der Waals surface area contributed by atoms with Crippen molar-refractivity contribution in [1.29, 1.82) is 0 Å². The molecule has 0 aromatic carbocycles. The van der Waals surface area contributed by atoms with Crippen LogP contribution in [0, 0.1) is 5.95 Å². The Kier molecular flexibility index (Phi) is 4.65. The zero-order valence-corrected chi connectivity index (χ0v) is 12.6. The predicted octanol–water partition coefficient (Wildman–Crippen LogP) is 3.00. The number of carbonyl (C=O) groups excluding carboxylic acids is 1. The number of halogens is 1. The number of rotatable bonds is 3. The molecule has 21 heavy (non-hydrogen) atoms. The van der Waals surface area contributed by atoms with Gasteiger partial charge in [0.05, 0.1) is 6.04 Å². The number of pyridine rings is 1. The Morgan fingerprint density at radius 2 is 2.29 bits per heavy atom. The summed E-state index contributed by atoms with van der Waals surface area (Å²) in [6, 6.07) is 3.04. The summed E-state index contributed by atoms with van der Waals surface area (Å²) in [6.07, 6.45) is 2.73. The summed E-state index contributed by atoms with van der Waals surface area (Å²) in [6.45, 7) is 6.37. The highest BCUT2D eigenvalue weighted by molar-refractivity contribution is 5.69. The molecule has 0 saturated carbocycles. The van der Waals surface area contributed by atoms with E-state index in [1.165, 1.54) is 12.3 Å². The van der Waals surface area contributed by atoms with Gasteiger partial charge in [-0.05, 0) is 45.7 Å². The Morgan fingerprint density at radius 3 is 2.95 bits per heavy atom. The summed E-state index contributed by atoms with van der Waals surface area (Å²) < 4.78 is 24.2. The zero-order chi connectivity index (χ0) is 15.5. The van der Waals surface area contributed by atoms with Gasteiger partial charge in [0.25, 0.3) is 5.95 Å². The van der Waals surface area contributed by atoms with Crippen LogP contribution in [-0.2, 0) is 4.74 Å². The van der Waals surface area contributed by atoms with Gasteiger partial charge < -0.3 is 14.4 Å². The van der Waals surface area contributed by atoms with E-state index in [0.29, 0.717) is 6.54 Å². The molecule has 1 amide bonds. The first-order valence-corrected chi connectivity index (χ1v) is 7.10. The summed E-state index contributed by atoms with van der Waals surface area (Å²) >= 11 is 0. The van der Waals surface area contributed by atoms with Gasteiger partial charge in [-0.2, -0.15) is 4.39 Å². The second-order valence-corrected chi connectivity index (χ2v) is 6.07. The van der Waals surface area contributed by atoms with E-state index in [1.807, 2.05) is 20.8 Å². The summed E-state index contributed by atoms with van der Waals surface area (Å²) in [5.41, 5.74) is -0.527. The highest BCUT2D eigenvalue weighted by atomic mass is 19.1. The fourth-order valence-electron chi connectivity index (χ4n) is 2.23. The molecule has 0 spiro atoms. The van der Waals surface area contributed by atoms with E-state index in [2.05, 4.69) is 4.98 Å². The third-order valence-electron chi connectivity index (χ3n) is 3.16. The first kappa shape index (κ1) is 15.5. The highest BCUT2D eigenvalue weighted by Gasteiger charge is 2.32. The zero-order valence-electron chi connectivity index (χ0n) is 12.6. The Hall–Kier alpha value is -1.85. The maximum Gasteiger partial charge on any atom is 0.410 e. The van der Waals surface area contributed by atoms with Crippen molar-refractivity contribution in [2.45, 2.75) is 45.3 Å². The largest absolute Gasteiger partial charge is 0.487 e. The molecule has 2 heterocycles. The normalized spacial score (nSPS) is 18.7. The fraction of sp³-hybridized carbons (Fsp3) is 0.600. The van der Waals surface area contributed by atoms with Gasteiger partial charge in [0, 0.05) is 12.7 Å². The van der Waals surface area contributed by atoms with Gasteiger partial charge in [0.1, 0.15) is 12.2 Å². The van der Waals surface area contributed by atoms with E-state index in [-0.39, 0.29) is 24.5 Å². The first-order chi connectivity index (χ1) is 9.87. The lowest BCUT2D eigenvalue weighted by molar-refractivity contribution is 0.0186. The van der Waals surface area contributed by atoms with Crippen molar-refractivity contribution < 1.29 is 18.7 Å². The number of hydrogen-bond acceptors (Lipinski definition) is 4. The number of amides is 1. The van der Waals surface area contributed by atoms with Gasteiger partial charge in [0.2, 0.25) is 0 Å². The van der Waals surface area contributed by atoms with Crippen LogP contribution in [0.25, 0.3) is 0 Å². The van der Waals surface area contributed by atoms with Crippen LogP contribution in [0.1, 0.15) is 33.6 Å². The lowest BCUT2D eigenvalue weighted by Crippen LogP contribution is -2.42. The average molecular weight is 296 g/mol. The maximum atomic E-state index is 13.4. The minimum absolute atomic E-state index is 0.0977. The molecule has 1 atom stereocenters. The van der Waals surface area contributed by atoms with Crippen molar-refractivity contribution in [3.8, 4) is 5.75 Å². The molecule has 1 saturated heterocycles. The minimum Gasteiger partial charge on any atom is -0.487 e. The molecular formula is C15H21FN2O3. The summed E-state index contributed by atoms with van der Waals surface area (Å²) in [5, 5.41) is 0. The van der Waals surface area contributed by atoms with E-state index < -0.39 is 11.5 Å². The van der Waals surface area contributed by atoms with Crippen LogP contribution in [0.15, 0.2) is 18.3 Å². The third kappa shape index (κ3) is 4.31. The molecule has 1 aromatic rings. The molecule has 1 aliphatic rings. The van der Waals surface area contributed by atoms with Gasteiger partial charge >= 0.3 is 6.09 Å². The van der Waals surface area contributed by atoms with E-state index in [0.717, 1.165) is 12.8 Å². The molecule has 2 rings (SSSR count). The molecule has 0 N–H and O–H groups in total. The van der Waals surface area contributed by atoms with Crippen molar-refractivity contribution in [2.75, 3.05) is 13.2 Å². The number of ether oxygens (including phenoxy) is 2. The van der Waals surface area contributed by atoms with Crippen molar-refractivity contribution in [3.05, 3.63) is 24.3 Å². The average Bonchev–Trinajstić information content (AvgIpc) is 2.84. The second kappa shape index (κ2) is 6.28. The molecule has 1 unspecified atom stereocenters. The third-order valence-corrected chi connectivity index (χ3v) is 3.16. The number of hydrogen-bond donors (Lipinski definition) is 0. The van der Waals surface area contributed by atoms with Crippen LogP contribution in [0.2, 0.25) is 0 Å². The minimum atomic E-state index is -0.640. The maximum absolute atomic E-state index is 13.4. The summed E-state index contributed by atoms with van der Waals surface area (Å²) in [4.78, 5) is 17.3. The Bertz CT molecular complexity index is 502. The van der Waals surface area contributed by atoms with E-state index in [1.54, 1.807) is 11.0 Å². The number of aromatic nitrogens is 1. The summed E-state index contributed by atoms with van der Waals surface area (Å²) in [5.74, 6) is -0.534. The topological polar surface area (TPSA) is 51.7 Å². The molecule has 0 bridgehead atoms. The molecule has 0 radical (unpaired) electrons. The monoisotopic (exact) mass is 296 g/mol. The van der Waals surface area contributed by atoms with Crippen LogP contribution in [-0.4, -0.2) is 40.8 Å². The highest BCUT2D eigenvalue weighted by Crippen LogP contribution is 2.22. The molecule has 1 aliphatic heterocycles. The van der Waals surface area contributed by atoms with Crippen LogP contribution in [0.4, 0.5) is 9.18 Å². The quantitative estimate of drug-likeness (QED) is 0.805. The Balaban J connectivity index is 1.93. The number of carbonyl (C=O) groups is 1. The predicted molar refractivity (Wildman–Crippen MR) is 75.7 cm³/mol. The molecule has 1 aromatic heterocycles. The van der Waals surface area contributed by atoms with Crippen LogP contribution >= 0.6 is 0 Å². The van der Waals surface area contributed by atoms with Gasteiger partial charge in [-0.15, -0.1) is 0 Å². The van der Waals surface area contributed by atoms with Crippen LogP contribution in [0.5, 0.6) is 5.75 Å². The van der Waals surface area contributed by atoms with E-state index in [4.69, 9.17) is 9.47 Å². The molecular weight excluding hydrogens is 275 g/mol. The number of likely N-dealkylation sites (tertiary alicyclic amines) is 1. The molecule has 5 nitrogen and oxygen atoms in total.